The Kier molecular flexibility index (Phi) is 5.82. The summed E-state index contributed by atoms with van der Waals surface area (Å²) in [5.41, 5.74) is 6.72. The molecule has 9 heteroatoms. The van der Waals surface area contributed by atoms with Gasteiger partial charge in [-0.15, -0.1) is 0 Å². The number of nitrogens with one attached hydrogen (secondary N) is 1. The van der Waals surface area contributed by atoms with Crippen LogP contribution in [0, 0.1) is 5.82 Å². The maximum atomic E-state index is 14.5. The van der Waals surface area contributed by atoms with E-state index in [4.69, 9.17) is 38.8 Å². The van der Waals surface area contributed by atoms with Gasteiger partial charge in [-0.1, -0.05) is 23.2 Å². The van der Waals surface area contributed by atoms with Crippen molar-refractivity contribution in [2.75, 3.05) is 19.4 Å². The summed E-state index contributed by atoms with van der Waals surface area (Å²) < 4.78 is 19.5. The Hall–Kier alpha value is -2.09. The second kappa shape index (κ2) is 7.65. The predicted octanol–water partition coefficient (Wildman–Crippen LogP) is 2.96. The van der Waals surface area contributed by atoms with Crippen LogP contribution in [0.2, 0.25) is 10.0 Å². The second-order valence-corrected chi connectivity index (χ2v) is 5.58. The van der Waals surface area contributed by atoms with Gasteiger partial charge in [0.15, 0.2) is 11.6 Å². The van der Waals surface area contributed by atoms with Crippen molar-refractivity contribution in [3.63, 3.8) is 0 Å². The van der Waals surface area contributed by atoms with Crippen molar-refractivity contribution in [2.45, 2.75) is 6.54 Å². The molecule has 1 aromatic carbocycles. The Bertz CT molecular complexity index is 787. The van der Waals surface area contributed by atoms with E-state index in [1.165, 1.54) is 25.3 Å². The van der Waals surface area contributed by atoms with Gasteiger partial charge in [-0.05, 0) is 18.2 Å². The highest BCUT2D eigenvalue weighted by atomic mass is 35.5. The van der Waals surface area contributed by atoms with Gasteiger partial charge in [0.05, 0.1) is 40.8 Å². The normalized spacial score (nSPS) is 10.7. The molecule has 0 aliphatic carbocycles. The number of nitrogen functional groups attached to an aromatic ring is 1. The molecule has 0 fully saturated rings. The number of carboxylic acids is 1. The van der Waals surface area contributed by atoms with E-state index in [1.807, 2.05) is 0 Å². The standard InChI is InChI=1S/C15H14Cl2FN3O3/c1-24-15-8(16)3-2-7(14(15)18)10-4-9(19)13(17)11(21-10)5-20-6-12(22)23/h2-4,20H,5-6H2,1H3,(H2,19,21)(H,22,23). The van der Waals surface area contributed by atoms with E-state index < -0.39 is 11.8 Å². The molecule has 24 heavy (non-hydrogen) atoms. The Morgan fingerprint density at radius 1 is 1.46 bits per heavy atom. The van der Waals surface area contributed by atoms with E-state index >= 15 is 0 Å². The summed E-state index contributed by atoms with van der Waals surface area (Å²) in [5, 5.41) is 11.6. The summed E-state index contributed by atoms with van der Waals surface area (Å²) in [7, 11) is 1.30. The van der Waals surface area contributed by atoms with E-state index in [0.717, 1.165) is 0 Å². The van der Waals surface area contributed by atoms with Gasteiger partial charge < -0.3 is 20.9 Å². The average molecular weight is 374 g/mol. The zero-order chi connectivity index (χ0) is 17.9. The molecule has 0 bridgehead atoms. The number of nitrogens with two attached hydrogens (primary N) is 1. The summed E-state index contributed by atoms with van der Waals surface area (Å²) in [4.78, 5) is 14.8. The van der Waals surface area contributed by atoms with Crippen LogP contribution in [0.4, 0.5) is 10.1 Å². The van der Waals surface area contributed by atoms with Crippen LogP contribution in [-0.2, 0) is 11.3 Å². The molecule has 2 aromatic rings. The SMILES string of the molecule is COc1c(Cl)ccc(-c2cc(N)c(Cl)c(CNCC(=O)O)n2)c1F. The van der Waals surface area contributed by atoms with Crippen LogP contribution in [0.5, 0.6) is 5.75 Å². The summed E-state index contributed by atoms with van der Waals surface area (Å²) in [5.74, 6) is -1.80. The minimum atomic E-state index is -1.02. The molecule has 0 atom stereocenters. The van der Waals surface area contributed by atoms with Gasteiger partial charge in [0.1, 0.15) is 0 Å². The van der Waals surface area contributed by atoms with Crippen LogP contribution in [0.3, 0.4) is 0 Å². The van der Waals surface area contributed by atoms with Crippen molar-refractivity contribution in [2.24, 2.45) is 0 Å². The number of halogens is 3. The van der Waals surface area contributed by atoms with Crippen molar-refractivity contribution in [1.29, 1.82) is 0 Å². The third-order valence-corrected chi connectivity index (χ3v) is 3.89. The molecule has 0 saturated heterocycles. The van der Waals surface area contributed by atoms with Gasteiger partial charge in [0.25, 0.3) is 0 Å². The molecule has 6 nitrogen and oxygen atoms in total. The van der Waals surface area contributed by atoms with Crippen molar-refractivity contribution < 1.29 is 19.0 Å². The van der Waals surface area contributed by atoms with Gasteiger partial charge in [-0.2, -0.15) is 0 Å². The fraction of sp³-hybridized carbons (Fsp3) is 0.200. The number of aromatic nitrogens is 1. The molecule has 4 N–H and O–H groups in total. The number of carboxylic acid groups (broad SMARTS) is 1. The van der Waals surface area contributed by atoms with E-state index in [9.17, 15) is 9.18 Å². The lowest BCUT2D eigenvalue weighted by Crippen LogP contribution is -2.22. The Morgan fingerprint density at radius 3 is 2.79 bits per heavy atom. The number of hydrogen-bond donors (Lipinski definition) is 3. The molecule has 0 radical (unpaired) electrons. The molecular weight excluding hydrogens is 360 g/mol. The molecule has 1 heterocycles. The number of benzene rings is 1. The third kappa shape index (κ3) is 3.87. The number of nitrogens with zero attached hydrogens (tertiary/aromatic N) is 1. The smallest absolute Gasteiger partial charge is 0.317 e. The monoisotopic (exact) mass is 373 g/mol. The number of pyridine rings is 1. The molecular formula is C15H14Cl2FN3O3. The summed E-state index contributed by atoms with van der Waals surface area (Å²) >= 11 is 12.0. The first-order valence-electron chi connectivity index (χ1n) is 6.75. The Balaban J connectivity index is 2.45. The average Bonchev–Trinajstić information content (AvgIpc) is 2.51. The summed E-state index contributed by atoms with van der Waals surface area (Å²) in [6.07, 6.45) is 0. The molecule has 128 valence electrons. The lowest BCUT2D eigenvalue weighted by Gasteiger charge is -2.12. The highest BCUT2D eigenvalue weighted by molar-refractivity contribution is 6.33. The molecule has 0 aliphatic rings. The van der Waals surface area contributed by atoms with Crippen LogP contribution in [0.25, 0.3) is 11.3 Å². The fourth-order valence-corrected chi connectivity index (χ4v) is 2.45. The first-order valence-corrected chi connectivity index (χ1v) is 7.50. The quantitative estimate of drug-likeness (QED) is 0.719. The Labute approximate surface area is 147 Å². The van der Waals surface area contributed by atoms with Crippen LogP contribution in [-0.4, -0.2) is 29.7 Å². The molecule has 2 rings (SSSR count). The topological polar surface area (TPSA) is 97.5 Å². The van der Waals surface area contributed by atoms with E-state index in [-0.39, 0.29) is 45.8 Å². The van der Waals surface area contributed by atoms with Crippen molar-refractivity contribution >= 4 is 34.9 Å². The van der Waals surface area contributed by atoms with E-state index in [2.05, 4.69) is 10.3 Å². The molecule has 0 spiro atoms. The van der Waals surface area contributed by atoms with Crippen LogP contribution < -0.4 is 15.8 Å². The fourth-order valence-electron chi connectivity index (χ4n) is 2.06. The number of hydrogen-bond acceptors (Lipinski definition) is 5. The maximum Gasteiger partial charge on any atom is 0.317 e. The third-order valence-electron chi connectivity index (χ3n) is 3.15. The van der Waals surface area contributed by atoms with Crippen LogP contribution >= 0.6 is 23.2 Å². The van der Waals surface area contributed by atoms with Gasteiger partial charge in [0.2, 0.25) is 0 Å². The maximum absolute atomic E-state index is 14.5. The largest absolute Gasteiger partial charge is 0.492 e. The van der Waals surface area contributed by atoms with E-state index in [0.29, 0.717) is 5.69 Å². The highest BCUT2D eigenvalue weighted by Crippen LogP contribution is 2.36. The summed E-state index contributed by atoms with van der Waals surface area (Å²) in [6.45, 7) is -0.208. The van der Waals surface area contributed by atoms with Crippen LogP contribution in [0.1, 0.15) is 5.69 Å². The minimum absolute atomic E-state index is 0.0650. The summed E-state index contributed by atoms with van der Waals surface area (Å²) in [6, 6.07) is 4.35. The first kappa shape index (κ1) is 18.3. The number of rotatable bonds is 6. The molecule has 0 saturated carbocycles. The predicted molar refractivity (Wildman–Crippen MR) is 90.0 cm³/mol. The number of anilines is 1. The highest BCUT2D eigenvalue weighted by Gasteiger charge is 2.18. The molecule has 0 aliphatic heterocycles. The first-order chi connectivity index (χ1) is 11.3. The van der Waals surface area contributed by atoms with Crippen molar-refractivity contribution in [3.8, 4) is 17.0 Å². The number of aliphatic carboxylic acids is 1. The number of methoxy groups -OCH3 is 1. The van der Waals surface area contributed by atoms with Crippen LogP contribution in [0.15, 0.2) is 18.2 Å². The van der Waals surface area contributed by atoms with Gasteiger partial charge >= 0.3 is 5.97 Å². The minimum Gasteiger partial charge on any atom is -0.492 e. The lowest BCUT2D eigenvalue weighted by atomic mass is 10.1. The second-order valence-electron chi connectivity index (χ2n) is 4.80. The number of carbonyl (C=O) groups is 1. The van der Waals surface area contributed by atoms with E-state index in [1.54, 1.807) is 0 Å². The van der Waals surface area contributed by atoms with Gasteiger partial charge in [-0.25, -0.2) is 9.37 Å². The van der Waals surface area contributed by atoms with Crippen molar-refractivity contribution in [3.05, 3.63) is 39.8 Å². The zero-order valence-corrected chi connectivity index (χ0v) is 14.1. The zero-order valence-electron chi connectivity index (χ0n) is 12.6. The lowest BCUT2D eigenvalue weighted by molar-refractivity contribution is -0.136. The molecule has 1 aromatic heterocycles. The number of ether oxygens (including phenoxy) is 1. The van der Waals surface area contributed by atoms with Gasteiger partial charge in [-0.3, -0.25) is 4.79 Å². The Morgan fingerprint density at radius 2 is 2.17 bits per heavy atom. The van der Waals surface area contributed by atoms with Crippen molar-refractivity contribution in [1.82, 2.24) is 10.3 Å². The molecule has 0 unspecified atom stereocenters. The molecule has 0 amide bonds. The van der Waals surface area contributed by atoms with Gasteiger partial charge in [0, 0.05) is 12.1 Å².